The third kappa shape index (κ3) is 2.73. The fourth-order valence-corrected chi connectivity index (χ4v) is 2.12. The molecule has 6 heteroatoms. The molecular weight excluding hydrogens is 318 g/mol. The minimum absolute atomic E-state index is 0.221. The van der Waals surface area contributed by atoms with Gasteiger partial charge in [-0.1, -0.05) is 11.6 Å². The molecule has 1 amide bonds. The molecule has 2 aromatic rings. The molecule has 4 nitrogen and oxygen atoms in total. The van der Waals surface area contributed by atoms with E-state index in [1.807, 2.05) is 6.92 Å². The number of rotatable bonds is 2. The zero-order valence-corrected chi connectivity index (χ0v) is 12.2. The maximum absolute atomic E-state index is 12.1. The van der Waals surface area contributed by atoms with Crippen LogP contribution in [0.1, 0.15) is 16.2 Å². The van der Waals surface area contributed by atoms with E-state index >= 15 is 0 Å². The van der Waals surface area contributed by atoms with Gasteiger partial charge in [-0.25, -0.2) is 0 Å². The molecule has 0 bridgehead atoms. The number of anilines is 1. The van der Waals surface area contributed by atoms with Crippen LogP contribution in [0, 0.1) is 6.92 Å². The highest BCUT2D eigenvalue weighted by molar-refractivity contribution is 9.10. The summed E-state index contributed by atoms with van der Waals surface area (Å²) in [6, 6.07) is 6.95. The molecule has 0 spiro atoms. The summed E-state index contributed by atoms with van der Waals surface area (Å²) in [6.45, 7) is 1.84. The lowest BCUT2D eigenvalue weighted by atomic mass is 10.3. The number of aryl methyl sites for hydroxylation is 2. The SMILES string of the molecule is Cc1cc(C(=O)Nc2cc(Cl)ccc2Br)n(C)n1. The van der Waals surface area contributed by atoms with Crippen LogP contribution in [0.2, 0.25) is 5.02 Å². The van der Waals surface area contributed by atoms with Gasteiger partial charge in [0.1, 0.15) is 5.69 Å². The summed E-state index contributed by atoms with van der Waals surface area (Å²) < 4.78 is 2.32. The summed E-state index contributed by atoms with van der Waals surface area (Å²) >= 11 is 9.25. The Morgan fingerprint density at radius 2 is 2.17 bits per heavy atom. The minimum Gasteiger partial charge on any atom is -0.320 e. The lowest BCUT2D eigenvalue weighted by Gasteiger charge is -2.07. The van der Waals surface area contributed by atoms with Gasteiger partial charge in [0.25, 0.3) is 5.91 Å². The molecule has 0 saturated heterocycles. The molecular formula is C12H11BrClN3O. The predicted molar refractivity (Wildman–Crippen MR) is 75.1 cm³/mol. The normalized spacial score (nSPS) is 10.4. The van der Waals surface area contributed by atoms with Gasteiger partial charge in [0, 0.05) is 16.5 Å². The van der Waals surface area contributed by atoms with Gasteiger partial charge in [-0.05, 0) is 47.1 Å². The molecule has 0 aliphatic rings. The first-order valence-corrected chi connectivity index (χ1v) is 6.41. The fraction of sp³-hybridized carbons (Fsp3) is 0.167. The number of carbonyl (C=O) groups is 1. The second-order valence-corrected chi connectivity index (χ2v) is 5.16. The van der Waals surface area contributed by atoms with Crippen molar-refractivity contribution in [3.63, 3.8) is 0 Å². The molecule has 18 heavy (non-hydrogen) atoms. The Labute approximate surface area is 118 Å². The number of hydrogen-bond donors (Lipinski definition) is 1. The summed E-state index contributed by atoms with van der Waals surface area (Å²) in [5, 5.41) is 7.49. The van der Waals surface area contributed by atoms with Crippen LogP contribution < -0.4 is 5.32 Å². The molecule has 1 heterocycles. The Kier molecular flexibility index (Phi) is 3.73. The number of benzene rings is 1. The average Bonchev–Trinajstić information content (AvgIpc) is 2.63. The molecule has 1 aromatic carbocycles. The van der Waals surface area contributed by atoms with Gasteiger partial charge >= 0.3 is 0 Å². The highest BCUT2D eigenvalue weighted by Gasteiger charge is 2.13. The van der Waals surface area contributed by atoms with Crippen LogP contribution in [0.3, 0.4) is 0 Å². The summed E-state index contributed by atoms with van der Waals surface area (Å²) in [7, 11) is 1.73. The lowest BCUT2D eigenvalue weighted by molar-refractivity contribution is 0.101. The van der Waals surface area contributed by atoms with E-state index in [0.29, 0.717) is 16.4 Å². The van der Waals surface area contributed by atoms with Crippen molar-refractivity contribution in [1.29, 1.82) is 0 Å². The van der Waals surface area contributed by atoms with Crippen molar-refractivity contribution in [2.45, 2.75) is 6.92 Å². The first-order chi connectivity index (χ1) is 8.47. The zero-order valence-electron chi connectivity index (χ0n) is 9.87. The molecule has 2 rings (SSSR count). The van der Waals surface area contributed by atoms with Crippen molar-refractivity contribution in [2.24, 2.45) is 7.05 Å². The topological polar surface area (TPSA) is 46.9 Å². The number of carbonyl (C=O) groups excluding carboxylic acids is 1. The van der Waals surface area contributed by atoms with Gasteiger partial charge < -0.3 is 5.32 Å². The number of aromatic nitrogens is 2. The second-order valence-electron chi connectivity index (χ2n) is 3.87. The van der Waals surface area contributed by atoms with E-state index in [1.54, 1.807) is 36.0 Å². The van der Waals surface area contributed by atoms with Crippen LogP contribution in [-0.4, -0.2) is 15.7 Å². The van der Waals surface area contributed by atoms with Gasteiger partial charge in [-0.15, -0.1) is 0 Å². The van der Waals surface area contributed by atoms with Crippen LogP contribution in [0.15, 0.2) is 28.7 Å². The second kappa shape index (κ2) is 5.12. The largest absolute Gasteiger partial charge is 0.320 e. The molecule has 1 aromatic heterocycles. The summed E-state index contributed by atoms with van der Waals surface area (Å²) in [5.41, 5.74) is 1.93. The van der Waals surface area contributed by atoms with E-state index in [4.69, 9.17) is 11.6 Å². The van der Waals surface area contributed by atoms with Gasteiger partial charge in [-0.3, -0.25) is 9.48 Å². The van der Waals surface area contributed by atoms with Crippen molar-refractivity contribution in [3.8, 4) is 0 Å². The van der Waals surface area contributed by atoms with E-state index in [2.05, 4.69) is 26.3 Å². The zero-order chi connectivity index (χ0) is 13.3. The van der Waals surface area contributed by atoms with E-state index in [9.17, 15) is 4.79 Å². The summed E-state index contributed by atoms with van der Waals surface area (Å²) in [5.74, 6) is -0.221. The molecule has 0 fully saturated rings. The van der Waals surface area contributed by atoms with Crippen molar-refractivity contribution in [3.05, 3.63) is 45.1 Å². The molecule has 0 unspecified atom stereocenters. The highest BCUT2D eigenvalue weighted by atomic mass is 79.9. The minimum atomic E-state index is -0.221. The van der Waals surface area contributed by atoms with Gasteiger partial charge in [0.2, 0.25) is 0 Å². The van der Waals surface area contributed by atoms with Crippen LogP contribution in [0.5, 0.6) is 0 Å². The first kappa shape index (κ1) is 13.1. The van der Waals surface area contributed by atoms with E-state index in [-0.39, 0.29) is 5.91 Å². The number of nitrogens with one attached hydrogen (secondary N) is 1. The van der Waals surface area contributed by atoms with Crippen molar-refractivity contribution in [2.75, 3.05) is 5.32 Å². The highest BCUT2D eigenvalue weighted by Crippen LogP contribution is 2.26. The molecule has 1 N–H and O–H groups in total. The molecule has 0 saturated carbocycles. The monoisotopic (exact) mass is 327 g/mol. The van der Waals surface area contributed by atoms with E-state index in [0.717, 1.165) is 10.2 Å². The molecule has 0 aliphatic carbocycles. The average molecular weight is 329 g/mol. The third-order valence-electron chi connectivity index (χ3n) is 2.41. The Hall–Kier alpha value is -1.33. The summed E-state index contributed by atoms with van der Waals surface area (Å²) in [4.78, 5) is 12.1. The van der Waals surface area contributed by atoms with Crippen LogP contribution in [-0.2, 0) is 7.05 Å². The predicted octanol–water partition coefficient (Wildman–Crippen LogP) is 3.40. The Morgan fingerprint density at radius 1 is 1.44 bits per heavy atom. The van der Waals surface area contributed by atoms with Crippen molar-refractivity contribution in [1.82, 2.24) is 9.78 Å². The van der Waals surface area contributed by atoms with Crippen molar-refractivity contribution >= 4 is 39.1 Å². The maximum Gasteiger partial charge on any atom is 0.273 e. The number of hydrogen-bond acceptors (Lipinski definition) is 2. The third-order valence-corrected chi connectivity index (χ3v) is 3.34. The Morgan fingerprint density at radius 3 is 2.78 bits per heavy atom. The molecule has 0 atom stereocenters. The molecule has 0 aliphatic heterocycles. The van der Waals surface area contributed by atoms with Crippen LogP contribution in [0.4, 0.5) is 5.69 Å². The van der Waals surface area contributed by atoms with Crippen LogP contribution >= 0.6 is 27.5 Å². The molecule has 94 valence electrons. The van der Waals surface area contributed by atoms with Crippen LogP contribution in [0.25, 0.3) is 0 Å². The smallest absolute Gasteiger partial charge is 0.273 e. The number of nitrogens with zero attached hydrogens (tertiary/aromatic N) is 2. The fourth-order valence-electron chi connectivity index (χ4n) is 1.60. The maximum atomic E-state index is 12.1. The van der Waals surface area contributed by atoms with Gasteiger partial charge in [0.15, 0.2) is 0 Å². The van der Waals surface area contributed by atoms with Crippen molar-refractivity contribution < 1.29 is 4.79 Å². The number of halogens is 2. The van der Waals surface area contributed by atoms with Gasteiger partial charge in [-0.2, -0.15) is 5.10 Å². The van der Waals surface area contributed by atoms with Gasteiger partial charge in [0.05, 0.1) is 11.4 Å². The quantitative estimate of drug-likeness (QED) is 0.918. The van der Waals surface area contributed by atoms with E-state index < -0.39 is 0 Å². The molecule has 0 radical (unpaired) electrons. The number of amides is 1. The van der Waals surface area contributed by atoms with E-state index in [1.165, 1.54) is 0 Å². The standard InChI is InChI=1S/C12H11BrClN3O/c1-7-5-11(17(2)16-7)12(18)15-10-6-8(14)3-4-9(10)13/h3-6H,1-2H3,(H,15,18). The Bertz CT molecular complexity index is 609. The Balaban J connectivity index is 2.26. The lowest BCUT2D eigenvalue weighted by Crippen LogP contribution is -2.16. The summed E-state index contributed by atoms with van der Waals surface area (Å²) in [6.07, 6.45) is 0. The first-order valence-electron chi connectivity index (χ1n) is 5.24.